The summed E-state index contributed by atoms with van der Waals surface area (Å²) in [6.45, 7) is 2.34. The molecule has 0 spiro atoms. The van der Waals surface area contributed by atoms with E-state index in [9.17, 15) is 13.2 Å². The van der Waals surface area contributed by atoms with E-state index in [2.05, 4.69) is 5.32 Å². The maximum absolute atomic E-state index is 13.0. The lowest BCUT2D eigenvalue weighted by Crippen LogP contribution is -2.48. The molecule has 1 saturated heterocycles. The van der Waals surface area contributed by atoms with Crippen LogP contribution in [0.2, 0.25) is 0 Å². The SMILES string of the molecule is Cc1ccc(S(=O)(=O)N2CCCC2C(=O)NC2CCCCCCC2)cc1. The number of rotatable bonds is 4. The van der Waals surface area contributed by atoms with Gasteiger partial charge in [-0.2, -0.15) is 4.31 Å². The molecule has 1 aromatic rings. The Hall–Kier alpha value is -1.40. The van der Waals surface area contributed by atoms with Crippen LogP contribution >= 0.6 is 0 Å². The predicted molar refractivity (Wildman–Crippen MR) is 102 cm³/mol. The van der Waals surface area contributed by atoms with Crippen LogP contribution in [0.5, 0.6) is 0 Å². The highest BCUT2D eigenvalue weighted by atomic mass is 32.2. The molecule has 1 atom stereocenters. The zero-order valence-corrected chi connectivity index (χ0v) is 16.4. The minimum Gasteiger partial charge on any atom is -0.352 e. The topological polar surface area (TPSA) is 66.5 Å². The molecule has 1 amide bonds. The first kappa shape index (κ1) is 19.4. The van der Waals surface area contributed by atoms with Gasteiger partial charge in [0.25, 0.3) is 0 Å². The Balaban J connectivity index is 1.70. The zero-order valence-electron chi connectivity index (χ0n) is 15.6. The van der Waals surface area contributed by atoms with Crippen LogP contribution in [-0.2, 0) is 14.8 Å². The van der Waals surface area contributed by atoms with Gasteiger partial charge in [-0.1, -0.05) is 49.8 Å². The second kappa shape index (κ2) is 8.53. The number of hydrogen-bond acceptors (Lipinski definition) is 3. The molecule has 6 heteroatoms. The molecule has 0 bridgehead atoms. The minimum atomic E-state index is -3.63. The van der Waals surface area contributed by atoms with Crippen LogP contribution in [-0.4, -0.2) is 37.3 Å². The molecule has 5 nitrogen and oxygen atoms in total. The fourth-order valence-electron chi connectivity index (χ4n) is 4.03. The highest BCUT2D eigenvalue weighted by Gasteiger charge is 2.39. The lowest BCUT2D eigenvalue weighted by Gasteiger charge is -2.27. The zero-order chi connectivity index (χ0) is 18.6. The first-order valence-corrected chi connectivity index (χ1v) is 11.3. The third-order valence-electron chi connectivity index (χ3n) is 5.59. The van der Waals surface area contributed by atoms with Crippen LogP contribution in [0.4, 0.5) is 0 Å². The van der Waals surface area contributed by atoms with Gasteiger partial charge in [0.15, 0.2) is 0 Å². The molecule has 0 aromatic heterocycles. The van der Waals surface area contributed by atoms with Gasteiger partial charge in [0.1, 0.15) is 6.04 Å². The lowest BCUT2D eigenvalue weighted by atomic mass is 9.96. The number of sulfonamides is 1. The average Bonchev–Trinajstić information content (AvgIpc) is 3.08. The summed E-state index contributed by atoms with van der Waals surface area (Å²) >= 11 is 0. The van der Waals surface area contributed by atoms with E-state index in [4.69, 9.17) is 0 Å². The monoisotopic (exact) mass is 378 g/mol. The van der Waals surface area contributed by atoms with Crippen LogP contribution in [0.1, 0.15) is 63.4 Å². The van der Waals surface area contributed by atoms with Crippen molar-refractivity contribution in [1.82, 2.24) is 9.62 Å². The number of aryl methyl sites for hydroxylation is 1. The molecule has 1 aliphatic carbocycles. The minimum absolute atomic E-state index is 0.122. The summed E-state index contributed by atoms with van der Waals surface area (Å²) in [4.78, 5) is 13.1. The van der Waals surface area contributed by atoms with E-state index in [1.165, 1.54) is 23.6 Å². The first-order chi connectivity index (χ1) is 12.5. The van der Waals surface area contributed by atoms with E-state index in [0.717, 1.165) is 37.7 Å². The van der Waals surface area contributed by atoms with Crippen molar-refractivity contribution >= 4 is 15.9 Å². The third-order valence-corrected chi connectivity index (χ3v) is 7.51. The van der Waals surface area contributed by atoms with Crippen molar-refractivity contribution in [3.05, 3.63) is 29.8 Å². The molecule has 3 rings (SSSR count). The number of nitrogens with one attached hydrogen (secondary N) is 1. The van der Waals surface area contributed by atoms with E-state index in [1.54, 1.807) is 24.3 Å². The Morgan fingerprint density at radius 3 is 2.23 bits per heavy atom. The molecule has 2 aliphatic rings. The van der Waals surface area contributed by atoms with Gasteiger partial charge in [-0.05, 0) is 44.7 Å². The Kier molecular flexibility index (Phi) is 6.35. The van der Waals surface area contributed by atoms with Gasteiger partial charge in [0.2, 0.25) is 15.9 Å². The number of hydrogen-bond donors (Lipinski definition) is 1. The molecule has 1 heterocycles. The smallest absolute Gasteiger partial charge is 0.243 e. The van der Waals surface area contributed by atoms with Gasteiger partial charge >= 0.3 is 0 Å². The fourth-order valence-corrected chi connectivity index (χ4v) is 5.69. The summed E-state index contributed by atoms with van der Waals surface area (Å²) < 4.78 is 27.4. The highest BCUT2D eigenvalue weighted by Crippen LogP contribution is 2.27. The second-order valence-corrected chi connectivity index (χ2v) is 9.53. The fraction of sp³-hybridized carbons (Fsp3) is 0.650. The van der Waals surface area contributed by atoms with E-state index in [1.807, 2.05) is 6.92 Å². The largest absolute Gasteiger partial charge is 0.352 e. The summed E-state index contributed by atoms with van der Waals surface area (Å²) in [5.41, 5.74) is 1.02. The normalized spacial score (nSPS) is 23.3. The van der Waals surface area contributed by atoms with Gasteiger partial charge in [0.05, 0.1) is 4.90 Å². The maximum Gasteiger partial charge on any atom is 0.243 e. The molecule has 0 radical (unpaired) electrons. The lowest BCUT2D eigenvalue weighted by molar-refractivity contribution is -0.125. The molecule has 1 aliphatic heterocycles. The number of benzene rings is 1. The Bertz CT molecular complexity index is 707. The van der Waals surface area contributed by atoms with Gasteiger partial charge in [-0.15, -0.1) is 0 Å². The summed E-state index contributed by atoms with van der Waals surface area (Å²) in [5.74, 6) is -0.122. The van der Waals surface area contributed by atoms with Crippen LogP contribution in [0.3, 0.4) is 0 Å². The van der Waals surface area contributed by atoms with Crippen LogP contribution in [0.25, 0.3) is 0 Å². The summed E-state index contributed by atoms with van der Waals surface area (Å²) in [6, 6.07) is 6.47. The quantitative estimate of drug-likeness (QED) is 0.873. The number of amides is 1. The van der Waals surface area contributed by atoms with Crippen molar-refractivity contribution in [2.75, 3.05) is 6.54 Å². The number of nitrogens with zero attached hydrogens (tertiary/aromatic N) is 1. The van der Waals surface area contributed by atoms with E-state index in [0.29, 0.717) is 13.0 Å². The molecule has 144 valence electrons. The molecule has 1 N–H and O–H groups in total. The van der Waals surface area contributed by atoms with Crippen molar-refractivity contribution < 1.29 is 13.2 Å². The molecule has 26 heavy (non-hydrogen) atoms. The molecule has 2 fully saturated rings. The van der Waals surface area contributed by atoms with E-state index in [-0.39, 0.29) is 16.8 Å². The van der Waals surface area contributed by atoms with Crippen molar-refractivity contribution in [2.24, 2.45) is 0 Å². The third kappa shape index (κ3) is 4.46. The van der Waals surface area contributed by atoms with Gasteiger partial charge in [0, 0.05) is 12.6 Å². The number of carbonyl (C=O) groups excluding carboxylic acids is 1. The summed E-state index contributed by atoms with van der Waals surface area (Å²) in [5, 5.41) is 3.15. The summed E-state index contributed by atoms with van der Waals surface area (Å²) in [6.07, 6.45) is 9.35. The van der Waals surface area contributed by atoms with Crippen molar-refractivity contribution in [2.45, 2.75) is 81.7 Å². The molecular formula is C20H30N2O3S. The Morgan fingerprint density at radius 1 is 0.962 bits per heavy atom. The number of carbonyl (C=O) groups is 1. The van der Waals surface area contributed by atoms with Crippen molar-refractivity contribution in [3.8, 4) is 0 Å². The Morgan fingerprint density at radius 2 is 1.58 bits per heavy atom. The van der Waals surface area contributed by atoms with Gasteiger partial charge in [-0.25, -0.2) is 8.42 Å². The van der Waals surface area contributed by atoms with E-state index < -0.39 is 16.1 Å². The van der Waals surface area contributed by atoms with Crippen molar-refractivity contribution in [3.63, 3.8) is 0 Å². The predicted octanol–water partition coefficient (Wildman–Crippen LogP) is 3.38. The standard InChI is InChI=1S/C20H30N2O3S/c1-16-11-13-18(14-12-16)26(24,25)22-15-7-10-19(22)20(23)21-17-8-5-3-2-4-6-9-17/h11-14,17,19H,2-10,15H2,1H3,(H,21,23). The van der Waals surface area contributed by atoms with Crippen molar-refractivity contribution in [1.29, 1.82) is 0 Å². The second-order valence-electron chi connectivity index (χ2n) is 7.64. The first-order valence-electron chi connectivity index (χ1n) is 9.87. The molecular weight excluding hydrogens is 348 g/mol. The highest BCUT2D eigenvalue weighted by molar-refractivity contribution is 7.89. The Labute approximate surface area is 157 Å². The van der Waals surface area contributed by atoms with Crippen LogP contribution in [0, 0.1) is 6.92 Å². The van der Waals surface area contributed by atoms with Gasteiger partial charge < -0.3 is 5.32 Å². The molecule has 1 unspecified atom stereocenters. The summed E-state index contributed by atoms with van der Waals surface area (Å²) in [7, 11) is -3.63. The van der Waals surface area contributed by atoms with Crippen LogP contribution < -0.4 is 5.32 Å². The van der Waals surface area contributed by atoms with E-state index >= 15 is 0 Å². The average molecular weight is 379 g/mol. The molecule has 1 aromatic carbocycles. The van der Waals surface area contributed by atoms with Crippen LogP contribution in [0.15, 0.2) is 29.2 Å². The maximum atomic E-state index is 13.0. The van der Waals surface area contributed by atoms with Gasteiger partial charge in [-0.3, -0.25) is 4.79 Å². The molecule has 1 saturated carbocycles.